The highest BCUT2D eigenvalue weighted by molar-refractivity contribution is 6.10. The van der Waals surface area contributed by atoms with Gasteiger partial charge >= 0.3 is 6.09 Å². The Kier molecular flexibility index (Phi) is 9.38. The van der Waals surface area contributed by atoms with Crippen LogP contribution in [-0.4, -0.2) is 65.0 Å². The minimum absolute atomic E-state index is 0.0180. The Hall–Kier alpha value is -2.64. The van der Waals surface area contributed by atoms with Gasteiger partial charge in [0, 0.05) is 33.9 Å². The Balaban J connectivity index is 1.24. The third kappa shape index (κ3) is 5.48. The first-order valence-corrected chi connectivity index (χ1v) is 20.2. The van der Waals surface area contributed by atoms with Crippen LogP contribution >= 0.6 is 0 Å². The normalized spacial score (nSPS) is 42.4. The van der Waals surface area contributed by atoms with Gasteiger partial charge < -0.3 is 24.6 Å². The molecule has 0 saturated heterocycles. The molecule has 2 N–H and O–H groups in total. The topological polar surface area (TPSA) is 96.3 Å². The van der Waals surface area contributed by atoms with E-state index in [2.05, 4.69) is 59.8 Å². The predicted molar refractivity (Wildman–Crippen MR) is 199 cm³/mol. The number of hydrogen-bond donors (Lipinski definition) is 2. The summed E-state index contributed by atoms with van der Waals surface area (Å²) < 4.78 is 11.8. The van der Waals surface area contributed by atoms with Gasteiger partial charge in [-0.1, -0.05) is 66.2 Å². The van der Waals surface area contributed by atoms with Crippen molar-refractivity contribution in [1.29, 1.82) is 0 Å². The van der Waals surface area contributed by atoms with E-state index in [0.29, 0.717) is 48.5 Å². The monoisotopic (exact) mass is 701 g/mol. The van der Waals surface area contributed by atoms with Crippen LogP contribution in [0.5, 0.6) is 5.75 Å². The van der Waals surface area contributed by atoms with Crippen LogP contribution in [0.4, 0.5) is 4.79 Å². The fraction of sp³-hybridized carbons (Fsp3) is 0.727. The second-order valence-corrected chi connectivity index (χ2v) is 18.5. The van der Waals surface area contributed by atoms with E-state index in [4.69, 9.17) is 9.47 Å². The van der Waals surface area contributed by atoms with Crippen LogP contribution in [0.15, 0.2) is 48.1 Å². The zero-order valence-electron chi connectivity index (χ0n) is 32.2. The zero-order valence-corrected chi connectivity index (χ0v) is 32.2. The average molecular weight is 702 g/mol. The summed E-state index contributed by atoms with van der Waals surface area (Å²) in [5.74, 6) is 2.30. The van der Waals surface area contributed by atoms with E-state index in [1.165, 1.54) is 6.42 Å². The van der Waals surface area contributed by atoms with Crippen molar-refractivity contribution in [2.24, 2.45) is 51.2 Å². The van der Waals surface area contributed by atoms with Gasteiger partial charge in [0.1, 0.15) is 11.9 Å². The molecule has 0 aromatic heterocycles. The third-order valence-corrected chi connectivity index (χ3v) is 15.7. The van der Waals surface area contributed by atoms with Gasteiger partial charge in [0.2, 0.25) is 0 Å². The van der Waals surface area contributed by atoms with E-state index < -0.39 is 22.5 Å². The highest BCUT2D eigenvalue weighted by Crippen LogP contribution is 2.78. The fourth-order valence-corrected chi connectivity index (χ4v) is 12.8. The molecule has 2 spiro atoms. The Morgan fingerprint density at radius 1 is 0.961 bits per heavy atom. The molecule has 0 aliphatic heterocycles. The van der Waals surface area contributed by atoms with Crippen molar-refractivity contribution in [3.05, 3.63) is 53.6 Å². The van der Waals surface area contributed by atoms with Gasteiger partial charge in [0.25, 0.3) is 0 Å². The van der Waals surface area contributed by atoms with Crippen LogP contribution in [0.3, 0.4) is 0 Å². The molecule has 1 amide bonds. The lowest BCUT2D eigenvalue weighted by atomic mass is 9.32. The average Bonchev–Trinajstić information content (AvgIpc) is 3.37. The number of allylic oxidation sites excluding steroid dienone is 4. The quantitative estimate of drug-likeness (QED) is 0.197. The van der Waals surface area contributed by atoms with Crippen molar-refractivity contribution in [2.45, 2.75) is 130 Å². The molecule has 7 aliphatic rings. The lowest BCUT2D eigenvalue weighted by molar-refractivity contribution is -0.175. The van der Waals surface area contributed by atoms with E-state index in [-0.39, 0.29) is 47.2 Å². The first kappa shape index (κ1) is 36.7. The molecule has 280 valence electrons. The number of amides is 1. The number of fused-ring (bicyclic) bond motifs is 1. The molecule has 2 bridgehead atoms. The van der Waals surface area contributed by atoms with E-state index in [0.717, 1.165) is 56.9 Å². The number of carbonyl (C=O) groups excluding carboxylic acids is 2. The fourth-order valence-electron chi connectivity index (χ4n) is 12.8. The minimum atomic E-state index is -1.12. The Morgan fingerprint density at radius 2 is 1.65 bits per heavy atom. The molecular formula is C44H63NO6. The Labute approximate surface area is 306 Å². The van der Waals surface area contributed by atoms with Gasteiger partial charge in [0.05, 0.1) is 25.4 Å². The number of benzene rings is 1. The third-order valence-electron chi connectivity index (χ3n) is 15.7. The largest absolute Gasteiger partial charge is 0.497 e. The van der Waals surface area contributed by atoms with Crippen LogP contribution < -0.4 is 4.74 Å². The smallest absolute Gasteiger partial charge is 0.410 e. The number of aliphatic hydroxyl groups excluding tert-OH is 1. The number of methoxy groups -OCH3 is 1. The lowest BCUT2D eigenvalue weighted by Gasteiger charge is -2.71. The summed E-state index contributed by atoms with van der Waals surface area (Å²) in [4.78, 5) is 30.7. The van der Waals surface area contributed by atoms with Gasteiger partial charge in [0.15, 0.2) is 5.78 Å². The number of ketones is 1. The highest BCUT2D eigenvalue weighted by atomic mass is 16.6. The minimum Gasteiger partial charge on any atom is -0.497 e. The summed E-state index contributed by atoms with van der Waals surface area (Å²) in [5, 5.41) is 24.0. The van der Waals surface area contributed by atoms with Crippen LogP contribution in [0.2, 0.25) is 0 Å². The molecule has 1 aromatic rings. The number of nitrogens with zero attached hydrogens (tertiary/aromatic N) is 1. The second-order valence-electron chi connectivity index (χ2n) is 18.5. The van der Waals surface area contributed by atoms with Crippen LogP contribution in [-0.2, 0) is 4.74 Å². The maximum Gasteiger partial charge on any atom is 0.410 e. The van der Waals surface area contributed by atoms with Crippen LogP contribution in [0.25, 0.3) is 0 Å². The van der Waals surface area contributed by atoms with Crippen LogP contribution in [0.1, 0.15) is 123 Å². The molecule has 7 nitrogen and oxygen atoms in total. The SMILES string of the molecule is CCCN(CC1(O)CCC2C34C=CC5(C=C3C(=O)c3ccc(OC)cc3)CC(O)CCC5(C)C4CCC21C)C(=O)OC1CC(C)CCC1C(C)C. The Bertz CT molecular complexity index is 1570. The Morgan fingerprint density at radius 3 is 2.33 bits per heavy atom. The molecule has 11 unspecified atom stereocenters. The first-order chi connectivity index (χ1) is 24.2. The first-order valence-electron chi connectivity index (χ1n) is 20.2. The summed E-state index contributed by atoms with van der Waals surface area (Å²) >= 11 is 0. The van der Waals surface area contributed by atoms with Gasteiger partial charge in [-0.25, -0.2) is 4.79 Å². The van der Waals surface area contributed by atoms with Crippen molar-refractivity contribution in [3.63, 3.8) is 0 Å². The van der Waals surface area contributed by atoms with Crippen molar-refractivity contribution < 1.29 is 29.3 Å². The second kappa shape index (κ2) is 13.0. The van der Waals surface area contributed by atoms with Crippen molar-refractivity contribution in [3.8, 4) is 5.75 Å². The van der Waals surface area contributed by atoms with E-state index in [9.17, 15) is 19.8 Å². The number of carbonyl (C=O) groups is 2. The number of Topliss-reactive ketones (excluding diaryl/α,β-unsaturated/α-hetero) is 1. The molecule has 1 aromatic carbocycles. The van der Waals surface area contributed by atoms with Crippen molar-refractivity contribution in [1.82, 2.24) is 4.90 Å². The van der Waals surface area contributed by atoms with Gasteiger partial charge in [-0.15, -0.1) is 0 Å². The van der Waals surface area contributed by atoms with E-state index >= 15 is 0 Å². The molecule has 51 heavy (non-hydrogen) atoms. The molecule has 4 fully saturated rings. The highest BCUT2D eigenvalue weighted by Gasteiger charge is 2.74. The molecule has 7 heteroatoms. The predicted octanol–water partition coefficient (Wildman–Crippen LogP) is 8.78. The molecule has 11 atom stereocenters. The summed E-state index contributed by atoms with van der Waals surface area (Å²) in [6.07, 6.45) is 15.5. The maximum absolute atomic E-state index is 14.9. The summed E-state index contributed by atoms with van der Waals surface area (Å²) in [6, 6.07) is 7.43. The summed E-state index contributed by atoms with van der Waals surface area (Å²) in [6.45, 7) is 14.2. The summed E-state index contributed by atoms with van der Waals surface area (Å²) in [5.41, 5.74) is -1.21. The van der Waals surface area contributed by atoms with Gasteiger partial charge in [-0.05, 0) is 123 Å². The van der Waals surface area contributed by atoms with Crippen molar-refractivity contribution in [2.75, 3.05) is 20.2 Å². The molecule has 8 rings (SSSR count). The number of rotatable bonds is 9. The lowest BCUT2D eigenvalue weighted by Crippen LogP contribution is -2.67. The standard InChI is InChI=1S/C44H63NO6/c1-8-23-45(39(48)51-35-24-29(4)9-14-33(35)28(2)3)27-43(49)20-17-37-41(43,6)19-16-36-40(5)18-15-31(46)25-42(40)21-22-44(36,37)34(26-42)38(47)30-10-12-32(50-7)13-11-30/h10-13,21-22,26,28-29,31,33,35-37,46,49H,8-9,14-20,23-25,27H2,1-7H3. The van der Waals surface area contributed by atoms with Gasteiger partial charge in [-0.2, -0.15) is 0 Å². The number of ether oxygens (including phenoxy) is 2. The van der Waals surface area contributed by atoms with Crippen LogP contribution in [0, 0.1) is 51.2 Å². The molecule has 0 heterocycles. The zero-order chi connectivity index (χ0) is 36.6. The van der Waals surface area contributed by atoms with E-state index in [1.54, 1.807) is 12.0 Å². The number of aliphatic hydroxyl groups is 2. The maximum atomic E-state index is 14.9. The molecule has 7 aliphatic carbocycles. The molecule has 0 radical (unpaired) electrons. The summed E-state index contributed by atoms with van der Waals surface area (Å²) in [7, 11) is 1.63. The van der Waals surface area contributed by atoms with E-state index in [1.807, 2.05) is 24.3 Å². The molecular weight excluding hydrogens is 638 g/mol. The van der Waals surface area contributed by atoms with Crippen molar-refractivity contribution >= 4 is 11.9 Å². The number of hydrogen-bond acceptors (Lipinski definition) is 6. The molecule has 4 saturated carbocycles. The van der Waals surface area contributed by atoms with Gasteiger partial charge in [-0.3, -0.25) is 4.79 Å².